The van der Waals surface area contributed by atoms with Gasteiger partial charge in [-0.3, -0.25) is 4.98 Å². The highest BCUT2D eigenvalue weighted by atomic mass is 19.4. The van der Waals surface area contributed by atoms with E-state index in [4.69, 9.17) is 0 Å². The second-order valence-corrected chi connectivity index (χ2v) is 5.13. The lowest BCUT2D eigenvalue weighted by Gasteiger charge is -2.08. The Bertz CT molecular complexity index is 852. The van der Waals surface area contributed by atoms with Gasteiger partial charge in [-0.05, 0) is 29.8 Å². The van der Waals surface area contributed by atoms with E-state index in [2.05, 4.69) is 4.98 Å². The summed E-state index contributed by atoms with van der Waals surface area (Å²) in [7, 11) is 0. The fourth-order valence-corrected chi connectivity index (χ4v) is 2.28. The van der Waals surface area contributed by atoms with Crippen molar-refractivity contribution in [2.24, 2.45) is 0 Å². The van der Waals surface area contributed by atoms with Gasteiger partial charge in [-0.15, -0.1) is 0 Å². The molecular formula is C18H10F5N. The lowest BCUT2D eigenvalue weighted by molar-refractivity contribution is -0.137. The summed E-state index contributed by atoms with van der Waals surface area (Å²) in [5, 5.41) is 0. The first kappa shape index (κ1) is 16.1. The Hall–Kier alpha value is -2.76. The molecular weight excluding hydrogens is 325 g/mol. The molecule has 0 aliphatic carbocycles. The molecule has 0 N–H and O–H groups in total. The molecule has 0 aliphatic heterocycles. The van der Waals surface area contributed by atoms with Crippen LogP contribution in [0.3, 0.4) is 0 Å². The zero-order chi connectivity index (χ0) is 17.3. The van der Waals surface area contributed by atoms with Gasteiger partial charge in [0.15, 0.2) is 0 Å². The third-order valence-electron chi connectivity index (χ3n) is 3.51. The van der Waals surface area contributed by atoms with Crippen molar-refractivity contribution in [3.63, 3.8) is 0 Å². The van der Waals surface area contributed by atoms with Crippen LogP contribution in [0.4, 0.5) is 22.0 Å². The van der Waals surface area contributed by atoms with Crippen molar-refractivity contribution in [3.05, 3.63) is 78.0 Å². The third-order valence-corrected chi connectivity index (χ3v) is 3.51. The molecule has 122 valence electrons. The summed E-state index contributed by atoms with van der Waals surface area (Å²) < 4.78 is 64.3. The van der Waals surface area contributed by atoms with E-state index < -0.39 is 23.4 Å². The molecule has 1 nitrogen and oxygen atoms in total. The number of hydrogen-bond donors (Lipinski definition) is 0. The van der Waals surface area contributed by atoms with Gasteiger partial charge in [0, 0.05) is 23.4 Å². The Kier molecular flexibility index (Phi) is 4.05. The van der Waals surface area contributed by atoms with Crippen LogP contribution in [-0.2, 0) is 6.18 Å². The number of benzene rings is 2. The van der Waals surface area contributed by atoms with E-state index in [1.54, 1.807) is 24.3 Å². The molecule has 0 amide bonds. The van der Waals surface area contributed by atoms with Gasteiger partial charge in [-0.2, -0.15) is 13.2 Å². The molecule has 1 aromatic heterocycles. The van der Waals surface area contributed by atoms with Crippen molar-refractivity contribution in [1.29, 1.82) is 0 Å². The predicted molar refractivity (Wildman–Crippen MR) is 80.0 cm³/mol. The van der Waals surface area contributed by atoms with Crippen molar-refractivity contribution in [3.8, 4) is 22.4 Å². The standard InChI is InChI=1S/C18H10F5N/c19-14-6-7-15(16(20)9-14)11-1-3-12(4-2-11)17-8-5-13(10-24-17)18(21,22)23/h1-10H. The summed E-state index contributed by atoms with van der Waals surface area (Å²) in [4.78, 5) is 3.80. The van der Waals surface area contributed by atoms with Gasteiger partial charge in [0.25, 0.3) is 0 Å². The maximum absolute atomic E-state index is 13.8. The molecule has 0 bridgehead atoms. The van der Waals surface area contributed by atoms with Crippen LogP contribution in [0.5, 0.6) is 0 Å². The van der Waals surface area contributed by atoms with Crippen molar-refractivity contribution in [2.75, 3.05) is 0 Å². The van der Waals surface area contributed by atoms with Crippen LogP contribution in [0.25, 0.3) is 22.4 Å². The summed E-state index contributed by atoms with van der Waals surface area (Å²) in [6.45, 7) is 0. The van der Waals surface area contributed by atoms with Crippen LogP contribution in [0, 0.1) is 11.6 Å². The summed E-state index contributed by atoms with van der Waals surface area (Å²) in [6.07, 6.45) is -3.67. The van der Waals surface area contributed by atoms with Gasteiger partial charge < -0.3 is 0 Å². The average Bonchev–Trinajstić information content (AvgIpc) is 2.54. The Balaban J connectivity index is 1.89. The molecule has 1 heterocycles. The van der Waals surface area contributed by atoms with Gasteiger partial charge >= 0.3 is 6.18 Å². The summed E-state index contributed by atoms with van der Waals surface area (Å²) in [5.41, 5.74) is 0.909. The number of nitrogens with zero attached hydrogens (tertiary/aromatic N) is 1. The molecule has 0 saturated carbocycles. The second-order valence-electron chi connectivity index (χ2n) is 5.13. The second kappa shape index (κ2) is 6.03. The van der Waals surface area contributed by atoms with E-state index in [9.17, 15) is 22.0 Å². The smallest absolute Gasteiger partial charge is 0.256 e. The van der Waals surface area contributed by atoms with Crippen LogP contribution in [-0.4, -0.2) is 4.98 Å². The van der Waals surface area contributed by atoms with Crippen LogP contribution < -0.4 is 0 Å². The minimum absolute atomic E-state index is 0.239. The molecule has 3 aromatic rings. The van der Waals surface area contributed by atoms with Crippen LogP contribution in [0.1, 0.15) is 5.56 Å². The number of halogens is 5. The average molecular weight is 335 g/mol. The molecule has 0 spiro atoms. The first-order valence-corrected chi connectivity index (χ1v) is 6.94. The molecule has 0 saturated heterocycles. The first-order valence-electron chi connectivity index (χ1n) is 6.94. The van der Waals surface area contributed by atoms with E-state index in [-0.39, 0.29) is 5.56 Å². The number of pyridine rings is 1. The van der Waals surface area contributed by atoms with E-state index in [0.29, 0.717) is 16.8 Å². The minimum atomic E-state index is -4.44. The predicted octanol–water partition coefficient (Wildman–Crippen LogP) is 5.71. The van der Waals surface area contributed by atoms with Crippen LogP contribution >= 0.6 is 0 Å². The topological polar surface area (TPSA) is 12.9 Å². The normalized spacial score (nSPS) is 11.5. The van der Waals surface area contributed by atoms with Gasteiger partial charge in [0.05, 0.1) is 11.3 Å². The quantitative estimate of drug-likeness (QED) is 0.546. The van der Waals surface area contributed by atoms with E-state index in [1.807, 2.05) is 0 Å². The van der Waals surface area contributed by atoms with Gasteiger partial charge in [-0.1, -0.05) is 24.3 Å². The minimum Gasteiger partial charge on any atom is -0.256 e. The maximum Gasteiger partial charge on any atom is 0.417 e. The molecule has 2 aromatic carbocycles. The number of aromatic nitrogens is 1. The molecule has 0 aliphatic rings. The van der Waals surface area contributed by atoms with E-state index >= 15 is 0 Å². The Labute approximate surface area is 134 Å². The summed E-state index contributed by atoms with van der Waals surface area (Å²) in [6, 6.07) is 11.9. The molecule has 0 unspecified atom stereocenters. The summed E-state index contributed by atoms with van der Waals surface area (Å²) in [5.74, 6) is -1.35. The number of hydrogen-bond acceptors (Lipinski definition) is 1. The Morgan fingerprint density at radius 1 is 0.750 bits per heavy atom. The Morgan fingerprint density at radius 2 is 1.42 bits per heavy atom. The highest BCUT2D eigenvalue weighted by Gasteiger charge is 2.30. The highest BCUT2D eigenvalue weighted by Crippen LogP contribution is 2.30. The largest absolute Gasteiger partial charge is 0.417 e. The third kappa shape index (κ3) is 3.27. The van der Waals surface area contributed by atoms with Crippen molar-refractivity contribution < 1.29 is 22.0 Å². The van der Waals surface area contributed by atoms with Gasteiger partial charge in [-0.25, -0.2) is 8.78 Å². The van der Waals surface area contributed by atoms with Crippen molar-refractivity contribution in [2.45, 2.75) is 6.18 Å². The van der Waals surface area contributed by atoms with E-state index in [1.165, 1.54) is 12.1 Å². The molecule has 0 radical (unpaired) electrons. The van der Waals surface area contributed by atoms with E-state index in [0.717, 1.165) is 24.4 Å². The maximum atomic E-state index is 13.8. The lowest BCUT2D eigenvalue weighted by Crippen LogP contribution is -2.05. The summed E-state index contributed by atoms with van der Waals surface area (Å²) >= 11 is 0. The molecule has 24 heavy (non-hydrogen) atoms. The molecule has 3 rings (SSSR count). The molecule has 0 fully saturated rings. The fraction of sp³-hybridized carbons (Fsp3) is 0.0556. The highest BCUT2D eigenvalue weighted by molar-refractivity contribution is 5.69. The lowest BCUT2D eigenvalue weighted by atomic mass is 10.0. The zero-order valence-electron chi connectivity index (χ0n) is 12.1. The number of rotatable bonds is 2. The SMILES string of the molecule is Fc1ccc(-c2ccc(-c3ccc(C(F)(F)F)cn3)cc2)c(F)c1. The number of alkyl halides is 3. The van der Waals surface area contributed by atoms with Gasteiger partial charge in [0.2, 0.25) is 0 Å². The molecule has 6 heteroatoms. The first-order chi connectivity index (χ1) is 11.3. The fourth-order valence-electron chi connectivity index (χ4n) is 2.28. The van der Waals surface area contributed by atoms with Crippen LogP contribution in [0.2, 0.25) is 0 Å². The van der Waals surface area contributed by atoms with Gasteiger partial charge in [0.1, 0.15) is 11.6 Å². The zero-order valence-corrected chi connectivity index (χ0v) is 12.1. The monoisotopic (exact) mass is 335 g/mol. The Morgan fingerprint density at radius 3 is 1.96 bits per heavy atom. The molecule has 0 atom stereocenters. The van der Waals surface area contributed by atoms with Crippen molar-refractivity contribution in [1.82, 2.24) is 4.98 Å². The van der Waals surface area contributed by atoms with Crippen LogP contribution in [0.15, 0.2) is 60.8 Å². The van der Waals surface area contributed by atoms with Crippen molar-refractivity contribution >= 4 is 0 Å².